The molecule has 0 saturated heterocycles. The first kappa shape index (κ1) is 17.2. The van der Waals surface area contributed by atoms with E-state index in [4.69, 9.17) is 9.15 Å². The maximum atomic E-state index is 11.9. The Morgan fingerprint density at radius 1 is 1.23 bits per heavy atom. The summed E-state index contributed by atoms with van der Waals surface area (Å²) in [5.74, 6) is 0.828. The lowest BCUT2D eigenvalue weighted by molar-refractivity contribution is 0.0598. The summed E-state index contributed by atoms with van der Waals surface area (Å²) in [6.45, 7) is 3.37. The topological polar surface area (TPSA) is 101 Å². The number of nitrogens with zero attached hydrogens (tertiary/aromatic N) is 3. The first-order chi connectivity index (χ1) is 12.5. The Balaban J connectivity index is 2.02. The van der Waals surface area contributed by atoms with Crippen molar-refractivity contribution in [2.75, 3.05) is 12.4 Å². The number of methoxy groups -OCH3 is 1. The molecule has 2 aromatic heterocycles. The number of aromatic nitrogens is 2. The number of hydrogen-bond donors (Lipinski definition) is 1. The van der Waals surface area contributed by atoms with Gasteiger partial charge in [0, 0.05) is 11.6 Å². The summed E-state index contributed by atoms with van der Waals surface area (Å²) < 4.78 is 10.3. The van der Waals surface area contributed by atoms with Crippen molar-refractivity contribution < 1.29 is 13.9 Å². The summed E-state index contributed by atoms with van der Waals surface area (Å²) in [6, 6.07) is 13.4. The summed E-state index contributed by atoms with van der Waals surface area (Å²) in [7, 11) is 1.25. The van der Waals surface area contributed by atoms with Crippen molar-refractivity contribution in [1.82, 2.24) is 9.97 Å². The number of hydrogen-bond acceptors (Lipinski definition) is 7. The Labute approximate surface area is 150 Å². The van der Waals surface area contributed by atoms with Crippen LogP contribution < -0.4 is 5.32 Å². The molecule has 3 rings (SSSR count). The number of esters is 1. The van der Waals surface area contributed by atoms with E-state index in [9.17, 15) is 10.1 Å². The van der Waals surface area contributed by atoms with Gasteiger partial charge in [0.1, 0.15) is 34.6 Å². The average molecular weight is 348 g/mol. The summed E-state index contributed by atoms with van der Waals surface area (Å²) in [6.07, 6.45) is 0. The monoisotopic (exact) mass is 348 g/mol. The fourth-order valence-corrected chi connectivity index (χ4v) is 2.59. The number of carbonyl (C=O) groups excluding carboxylic acids is 1. The van der Waals surface area contributed by atoms with Gasteiger partial charge in [0.05, 0.1) is 12.8 Å². The average Bonchev–Trinajstić information content (AvgIpc) is 2.96. The normalized spacial score (nSPS) is 10.2. The van der Waals surface area contributed by atoms with Crippen LogP contribution >= 0.6 is 0 Å². The highest BCUT2D eigenvalue weighted by Crippen LogP contribution is 2.30. The molecule has 1 aromatic carbocycles. The molecule has 0 aliphatic heterocycles. The highest BCUT2D eigenvalue weighted by atomic mass is 16.5. The lowest BCUT2D eigenvalue weighted by Gasteiger charge is -2.07. The van der Waals surface area contributed by atoms with Crippen LogP contribution in [0.15, 0.2) is 40.8 Å². The van der Waals surface area contributed by atoms with Crippen molar-refractivity contribution in [2.45, 2.75) is 13.8 Å². The number of benzene rings is 1. The molecule has 7 heteroatoms. The smallest absolute Gasteiger partial charge is 0.342 e. The number of rotatable bonds is 4. The van der Waals surface area contributed by atoms with Crippen LogP contribution in [0.2, 0.25) is 0 Å². The third-order valence-corrected chi connectivity index (χ3v) is 3.73. The van der Waals surface area contributed by atoms with E-state index in [1.165, 1.54) is 7.11 Å². The minimum atomic E-state index is -0.625. The van der Waals surface area contributed by atoms with E-state index in [2.05, 4.69) is 15.3 Å². The second-order valence-electron chi connectivity index (χ2n) is 5.52. The number of ether oxygens (including phenoxy) is 1. The van der Waals surface area contributed by atoms with Crippen LogP contribution in [0, 0.1) is 25.2 Å². The highest BCUT2D eigenvalue weighted by molar-refractivity contribution is 5.95. The zero-order valence-electron chi connectivity index (χ0n) is 14.5. The lowest BCUT2D eigenvalue weighted by atomic mass is 10.1. The van der Waals surface area contributed by atoms with E-state index >= 15 is 0 Å². The molecule has 26 heavy (non-hydrogen) atoms. The largest absolute Gasteiger partial charge is 0.465 e. The zero-order chi connectivity index (χ0) is 18.7. The molecule has 0 atom stereocenters. The Morgan fingerprint density at radius 2 is 1.96 bits per heavy atom. The SMILES string of the molecule is COC(=O)c1c(C)oc(Nc2cc(-c3ccccc3)nc(C)n2)c1C#N. The first-order valence-electron chi connectivity index (χ1n) is 7.83. The summed E-state index contributed by atoms with van der Waals surface area (Å²) in [4.78, 5) is 20.6. The molecular formula is C19H16N4O3. The number of aryl methyl sites for hydroxylation is 2. The first-order valence-corrected chi connectivity index (χ1v) is 7.83. The van der Waals surface area contributed by atoms with Gasteiger partial charge >= 0.3 is 5.97 Å². The third kappa shape index (κ3) is 3.26. The Kier molecular flexibility index (Phi) is 4.67. The van der Waals surface area contributed by atoms with Gasteiger partial charge in [-0.25, -0.2) is 14.8 Å². The van der Waals surface area contributed by atoms with Crippen molar-refractivity contribution in [3.8, 4) is 17.3 Å². The fourth-order valence-electron chi connectivity index (χ4n) is 2.59. The maximum Gasteiger partial charge on any atom is 0.342 e. The second-order valence-corrected chi connectivity index (χ2v) is 5.52. The van der Waals surface area contributed by atoms with Gasteiger partial charge < -0.3 is 14.5 Å². The van der Waals surface area contributed by atoms with E-state index < -0.39 is 5.97 Å². The molecule has 0 spiro atoms. The van der Waals surface area contributed by atoms with E-state index in [0.29, 0.717) is 17.4 Å². The van der Waals surface area contributed by atoms with Gasteiger partial charge in [0.15, 0.2) is 0 Å². The quantitative estimate of drug-likeness (QED) is 0.716. The van der Waals surface area contributed by atoms with Crippen molar-refractivity contribution >= 4 is 17.7 Å². The minimum Gasteiger partial charge on any atom is -0.465 e. The van der Waals surface area contributed by atoms with Crippen LogP contribution in [-0.4, -0.2) is 23.0 Å². The molecular weight excluding hydrogens is 332 g/mol. The molecule has 3 aromatic rings. The van der Waals surface area contributed by atoms with Gasteiger partial charge in [0.25, 0.3) is 0 Å². The fraction of sp³-hybridized carbons (Fsp3) is 0.158. The van der Waals surface area contributed by atoms with Crippen molar-refractivity contribution in [3.63, 3.8) is 0 Å². The van der Waals surface area contributed by atoms with E-state index in [1.54, 1.807) is 19.9 Å². The van der Waals surface area contributed by atoms with Crippen LogP contribution in [0.25, 0.3) is 11.3 Å². The zero-order valence-corrected chi connectivity index (χ0v) is 14.5. The molecule has 0 bridgehead atoms. The van der Waals surface area contributed by atoms with Crippen LogP contribution in [0.5, 0.6) is 0 Å². The van der Waals surface area contributed by atoms with Gasteiger partial charge in [-0.3, -0.25) is 0 Å². The van der Waals surface area contributed by atoms with Crippen LogP contribution in [-0.2, 0) is 4.74 Å². The number of anilines is 2. The maximum absolute atomic E-state index is 11.9. The number of nitriles is 1. The van der Waals surface area contributed by atoms with Gasteiger partial charge in [-0.15, -0.1) is 0 Å². The number of furan rings is 1. The van der Waals surface area contributed by atoms with Crippen molar-refractivity contribution in [2.24, 2.45) is 0 Å². The van der Waals surface area contributed by atoms with Crippen LogP contribution in [0.4, 0.5) is 11.7 Å². The number of nitrogens with one attached hydrogen (secondary N) is 1. The van der Waals surface area contributed by atoms with E-state index in [0.717, 1.165) is 11.3 Å². The van der Waals surface area contributed by atoms with E-state index in [1.807, 2.05) is 36.4 Å². The Bertz CT molecular complexity index is 1000. The van der Waals surface area contributed by atoms with Crippen molar-refractivity contribution in [3.05, 3.63) is 59.1 Å². The molecule has 0 fully saturated rings. The Hall–Kier alpha value is -3.66. The molecule has 7 nitrogen and oxygen atoms in total. The molecule has 1 N–H and O–H groups in total. The molecule has 0 unspecified atom stereocenters. The summed E-state index contributed by atoms with van der Waals surface area (Å²) in [5, 5.41) is 12.4. The standard InChI is InChI=1S/C19H16N4O3/c1-11-17(19(24)25-3)14(10-20)18(26-11)23-16-9-15(21-12(2)22-16)13-7-5-4-6-8-13/h4-9H,1-3H3,(H,21,22,23). The lowest BCUT2D eigenvalue weighted by Crippen LogP contribution is -2.04. The third-order valence-electron chi connectivity index (χ3n) is 3.73. The van der Waals surface area contributed by atoms with Gasteiger partial charge in [0.2, 0.25) is 5.88 Å². The van der Waals surface area contributed by atoms with E-state index in [-0.39, 0.29) is 17.0 Å². The molecule has 2 heterocycles. The number of carbonyl (C=O) groups is 1. The summed E-state index contributed by atoms with van der Waals surface area (Å²) in [5.41, 5.74) is 1.85. The summed E-state index contributed by atoms with van der Waals surface area (Å²) >= 11 is 0. The molecule has 0 saturated carbocycles. The van der Waals surface area contributed by atoms with Gasteiger partial charge in [-0.2, -0.15) is 5.26 Å². The predicted molar refractivity (Wildman–Crippen MR) is 95.0 cm³/mol. The van der Waals surface area contributed by atoms with Crippen molar-refractivity contribution in [1.29, 1.82) is 5.26 Å². The van der Waals surface area contributed by atoms with Gasteiger partial charge in [-0.1, -0.05) is 30.3 Å². The molecule has 0 aliphatic carbocycles. The Morgan fingerprint density at radius 3 is 2.62 bits per heavy atom. The molecule has 0 aliphatic rings. The molecule has 0 radical (unpaired) electrons. The van der Waals surface area contributed by atoms with Gasteiger partial charge in [-0.05, 0) is 13.8 Å². The van der Waals surface area contributed by atoms with Crippen LogP contribution in [0.1, 0.15) is 27.5 Å². The minimum absolute atomic E-state index is 0.0758. The molecule has 0 amide bonds. The van der Waals surface area contributed by atoms with Crippen LogP contribution in [0.3, 0.4) is 0 Å². The predicted octanol–water partition coefficient (Wildman–Crippen LogP) is 3.76. The molecule has 130 valence electrons. The highest BCUT2D eigenvalue weighted by Gasteiger charge is 2.24. The second kappa shape index (κ2) is 7.07.